The van der Waals surface area contributed by atoms with Gasteiger partial charge in [-0.25, -0.2) is 0 Å². The maximum atomic E-state index is 2.70. The zero-order valence-corrected chi connectivity index (χ0v) is 8.38. The van der Waals surface area contributed by atoms with Crippen LogP contribution in [0.1, 0.15) is 25.7 Å². The third-order valence-corrected chi connectivity index (χ3v) is 2.19. The fourth-order valence-electron chi connectivity index (χ4n) is 0.888. The van der Waals surface area contributed by atoms with Crippen LogP contribution >= 0.6 is 12.4 Å². The molecule has 0 unspecified atom stereocenters. The second-order valence-electron chi connectivity index (χ2n) is 2.22. The van der Waals surface area contributed by atoms with Gasteiger partial charge in [0.05, 0.1) is 0 Å². The average Bonchev–Trinajstić information content (AvgIpc) is 1.79. The zero-order chi connectivity index (χ0) is 6.53. The molecule has 0 bridgehead atoms. The van der Waals surface area contributed by atoms with Crippen LogP contribution in [0.2, 0.25) is 0 Å². The Labute approximate surface area is 78.9 Å². The van der Waals surface area contributed by atoms with Crippen LogP contribution in [0.5, 0.6) is 0 Å². The van der Waals surface area contributed by atoms with Crippen LogP contribution in [-0.4, -0.2) is 0 Å². The summed E-state index contributed by atoms with van der Waals surface area (Å²) in [5.41, 5.74) is 0. The van der Waals surface area contributed by atoms with Gasteiger partial charge in [0.15, 0.2) is 0 Å². The van der Waals surface area contributed by atoms with Crippen molar-refractivity contribution in [1.29, 1.82) is 0 Å². The molecule has 0 aromatic carbocycles. The summed E-state index contributed by atoms with van der Waals surface area (Å²) in [6.07, 6.45) is 11.8. The van der Waals surface area contributed by atoms with Gasteiger partial charge in [-0.2, -0.15) is 0 Å². The monoisotopic (exact) mass is 245 g/mol. The van der Waals surface area contributed by atoms with Crippen LogP contribution in [0.3, 0.4) is 0 Å². The summed E-state index contributed by atoms with van der Waals surface area (Å²) < 4.78 is 1.48. The van der Waals surface area contributed by atoms with Crippen molar-refractivity contribution in [2.75, 3.05) is 0 Å². The molecular formula is C8H12ClRu. The van der Waals surface area contributed by atoms with E-state index >= 15 is 0 Å². The first-order valence-corrected chi connectivity index (χ1v) is 4.25. The molecule has 1 rings (SSSR count). The zero-order valence-electron chi connectivity index (χ0n) is 5.82. The maximum absolute atomic E-state index is 2.70. The third-order valence-electron chi connectivity index (χ3n) is 1.40. The predicted molar refractivity (Wildman–Crippen MR) is 42.9 cm³/mol. The summed E-state index contributed by atoms with van der Waals surface area (Å²) >= 11 is 2.70. The molecule has 0 nitrogen and oxygen atoms in total. The molecule has 10 heavy (non-hydrogen) atoms. The van der Waals surface area contributed by atoms with E-state index in [0.717, 1.165) is 0 Å². The minimum absolute atomic E-state index is 0. The molecule has 0 spiro atoms. The first-order chi connectivity index (χ1) is 4.39. The molecule has 0 aromatic heterocycles. The number of rotatable bonds is 0. The molecule has 0 aliphatic heterocycles. The Hall–Kier alpha value is 0.393. The van der Waals surface area contributed by atoms with Crippen molar-refractivity contribution in [3.05, 3.63) is 22.4 Å². The van der Waals surface area contributed by atoms with Gasteiger partial charge >= 0.3 is 66.4 Å². The molecule has 0 heterocycles. The van der Waals surface area contributed by atoms with E-state index in [4.69, 9.17) is 0 Å². The Morgan fingerprint density at radius 3 is 2.60 bits per heavy atom. The first kappa shape index (κ1) is 10.4. The molecule has 2 heteroatoms. The molecular weight excluding hydrogens is 233 g/mol. The Balaban J connectivity index is 0.000000810. The number of hydrogen-bond donors (Lipinski definition) is 0. The van der Waals surface area contributed by atoms with E-state index in [-0.39, 0.29) is 12.4 Å². The second-order valence-corrected chi connectivity index (χ2v) is 3.34. The van der Waals surface area contributed by atoms with Crippen LogP contribution in [0.15, 0.2) is 22.4 Å². The Morgan fingerprint density at radius 1 is 1.10 bits per heavy atom. The van der Waals surface area contributed by atoms with Gasteiger partial charge in [-0.05, 0) is 0 Å². The fourth-order valence-corrected chi connectivity index (χ4v) is 1.39. The molecule has 0 radical (unpaired) electrons. The fraction of sp³-hybridized carbons (Fsp3) is 0.500. The minimum atomic E-state index is 0. The van der Waals surface area contributed by atoms with Gasteiger partial charge in [-0.1, -0.05) is 0 Å². The molecule has 0 N–H and O–H groups in total. The quantitative estimate of drug-likeness (QED) is 0.454. The average molecular weight is 245 g/mol. The Bertz CT molecular complexity index is 138. The summed E-state index contributed by atoms with van der Waals surface area (Å²) in [6, 6.07) is 0. The molecule has 0 fully saturated rings. The standard InChI is InChI=1S/C8H11.ClH.Ru/c1-2-4-6-8-7-5-3-1;;/h1-2,7H,3-6H2;1H;. The van der Waals surface area contributed by atoms with E-state index in [2.05, 4.69) is 36.5 Å². The molecule has 0 atom stereocenters. The Kier molecular flexibility index (Phi) is 6.37. The van der Waals surface area contributed by atoms with Crippen molar-refractivity contribution >= 4 is 12.4 Å². The van der Waals surface area contributed by atoms with Gasteiger partial charge < -0.3 is 0 Å². The van der Waals surface area contributed by atoms with Gasteiger partial charge in [0.25, 0.3) is 0 Å². The van der Waals surface area contributed by atoms with Crippen LogP contribution < -0.4 is 0 Å². The van der Waals surface area contributed by atoms with Crippen molar-refractivity contribution in [3.8, 4) is 0 Å². The van der Waals surface area contributed by atoms with E-state index in [1.54, 1.807) is 0 Å². The van der Waals surface area contributed by atoms with E-state index < -0.39 is 0 Å². The summed E-state index contributed by atoms with van der Waals surface area (Å²) in [5.74, 6) is 0. The SMILES string of the molecule is Cl.[Ru][C]1=CCCC=CCC1. The van der Waals surface area contributed by atoms with Crippen molar-refractivity contribution in [2.24, 2.45) is 0 Å². The van der Waals surface area contributed by atoms with Crippen LogP contribution in [0, 0.1) is 0 Å². The van der Waals surface area contributed by atoms with Crippen LogP contribution in [0.4, 0.5) is 0 Å². The van der Waals surface area contributed by atoms with Crippen molar-refractivity contribution in [2.45, 2.75) is 25.7 Å². The van der Waals surface area contributed by atoms with Crippen molar-refractivity contribution < 1.29 is 18.3 Å². The molecule has 0 amide bonds. The first-order valence-electron chi connectivity index (χ1n) is 3.38. The number of halogens is 1. The summed E-state index contributed by atoms with van der Waals surface area (Å²) in [6.45, 7) is 0. The molecule has 59 valence electrons. The normalized spacial score (nSPS) is 18.3. The second kappa shape index (κ2) is 6.13. The Morgan fingerprint density at radius 2 is 1.80 bits per heavy atom. The van der Waals surface area contributed by atoms with E-state index in [9.17, 15) is 0 Å². The van der Waals surface area contributed by atoms with Crippen molar-refractivity contribution in [3.63, 3.8) is 0 Å². The van der Waals surface area contributed by atoms with Gasteiger partial charge in [0.2, 0.25) is 0 Å². The molecule has 1 aliphatic rings. The number of hydrogen-bond acceptors (Lipinski definition) is 0. The van der Waals surface area contributed by atoms with E-state index in [1.807, 2.05) is 0 Å². The molecule has 1 aliphatic carbocycles. The van der Waals surface area contributed by atoms with Gasteiger partial charge in [0, 0.05) is 0 Å². The number of allylic oxidation sites excluding steroid dienone is 4. The predicted octanol–water partition coefficient (Wildman–Crippen LogP) is 2.97. The summed E-state index contributed by atoms with van der Waals surface area (Å²) in [5, 5.41) is 0. The molecule has 0 saturated heterocycles. The summed E-state index contributed by atoms with van der Waals surface area (Å²) in [7, 11) is 0. The van der Waals surface area contributed by atoms with Gasteiger partial charge in [-0.3, -0.25) is 0 Å². The topological polar surface area (TPSA) is 0 Å². The van der Waals surface area contributed by atoms with Gasteiger partial charge in [-0.15, -0.1) is 12.4 Å². The third kappa shape index (κ3) is 4.25. The van der Waals surface area contributed by atoms with E-state index in [1.165, 1.54) is 29.9 Å². The molecule has 0 saturated carbocycles. The van der Waals surface area contributed by atoms with Crippen LogP contribution in [-0.2, 0) is 18.3 Å². The molecule has 0 aromatic rings. The summed E-state index contributed by atoms with van der Waals surface area (Å²) in [4.78, 5) is 0. The van der Waals surface area contributed by atoms with Gasteiger partial charge in [0.1, 0.15) is 0 Å². The van der Waals surface area contributed by atoms with E-state index in [0.29, 0.717) is 0 Å². The van der Waals surface area contributed by atoms with Crippen molar-refractivity contribution in [1.82, 2.24) is 0 Å². The van der Waals surface area contributed by atoms with Crippen LogP contribution in [0.25, 0.3) is 0 Å².